The van der Waals surface area contributed by atoms with Gasteiger partial charge in [-0.3, -0.25) is 0 Å². The van der Waals surface area contributed by atoms with Crippen molar-refractivity contribution in [2.45, 2.75) is 69.7 Å². The van der Waals surface area contributed by atoms with Gasteiger partial charge in [-0.1, -0.05) is 43.9 Å². The van der Waals surface area contributed by atoms with Gasteiger partial charge >= 0.3 is 0 Å². The van der Waals surface area contributed by atoms with Crippen LogP contribution in [-0.2, 0) is 6.42 Å². The number of aryl methyl sites for hydroxylation is 1. The molecule has 1 nitrogen and oxygen atoms in total. The molecule has 0 aromatic heterocycles. The molecule has 1 heteroatoms. The van der Waals surface area contributed by atoms with Gasteiger partial charge in [-0.2, -0.15) is 0 Å². The van der Waals surface area contributed by atoms with Gasteiger partial charge in [0.2, 0.25) is 0 Å². The average Bonchev–Trinajstić information content (AvgIpc) is 2.62. The molecule has 1 aromatic carbocycles. The third-order valence-electron chi connectivity index (χ3n) is 4.86. The standard InChI is InChI=1S/C17H25N/c18-17-9-5-4-8-14-10-11-15(12-16(14)17)13-6-2-1-3-7-13/h10-13,17H,1-9,18H2/t17-/m0/s1. The summed E-state index contributed by atoms with van der Waals surface area (Å²) in [6.07, 6.45) is 12.0. The molecule has 2 aliphatic carbocycles. The predicted molar refractivity (Wildman–Crippen MR) is 76.8 cm³/mol. The maximum Gasteiger partial charge on any atom is 0.0297 e. The van der Waals surface area contributed by atoms with Gasteiger partial charge in [0.25, 0.3) is 0 Å². The van der Waals surface area contributed by atoms with Crippen molar-refractivity contribution in [2.75, 3.05) is 0 Å². The molecule has 0 bridgehead atoms. The fourth-order valence-corrected chi connectivity index (χ4v) is 3.71. The highest BCUT2D eigenvalue weighted by Crippen LogP contribution is 2.35. The molecule has 0 unspecified atom stereocenters. The highest BCUT2D eigenvalue weighted by atomic mass is 14.6. The van der Waals surface area contributed by atoms with Crippen LogP contribution < -0.4 is 5.73 Å². The van der Waals surface area contributed by atoms with E-state index in [4.69, 9.17) is 5.73 Å². The van der Waals surface area contributed by atoms with E-state index in [9.17, 15) is 0 Å². The molecule has 1 saturated carbocycles. The Bertz CT molecular complexity index is 404. The van der Waals surface area contributed by atoms with Crippen molar-refractivity contribution in [3.8, 4) is 0 Å². The van der Waals surface area contributed by atoms with Crippen molar-refractivity contribution in [1.29, 1.82) is 0 Å². The van der Waals surface area contributed by atoms with Crippen LogP contribution in [0.1, 0.15) is 80.0 Å². The lowest BCUT2D eigenvalue weighted by molar-refractivity contribution is 0.443. The van der Waals surface area contributed by atoms with Crippen LogP contribution in [0.3, 0.4) is 0 Å². The minimum atomic E-state index is 0.283. The van der Waals surface area contributed by atoms with Gasteiger partial charge in [-0.05, 0) is 54.7 Å². The molecule has 2 aliphatic rings. The van der Waals surface area contributed by atoms with Gasteiger partial charge in [-0.15, -0.1) is 0 Å². The minimum Gasteiger partial charge on any atom is -0.324 e. The molecule has 0 amide bonds. The number of fused-ring (bicyclic) bond motifs is 1. The predicted octanol–water partition coefficient (Wildman–Crippen LogP) is 4.46. The number of hydrogen-bond acceptors (Lipinski definition) is 1. The van der Waals surface area contributed by atoms with Crippen molar-refractivity contribution in [2.24, 2.45) is 5.73 Å². The molecular formula is C17H25N. The second-order valence-electron chi connectivity index (χ2n) is 6.15. The monoisotopic (exact) mass is 243 g/mol. The third-order valence-corrected chi connectivity index (χ3v) is 4.86. The van der Waals surface area contributed by atoms with Crippen molar-refractivity contribution in [3.63, 3.8) is 0 Å². The van der Waals surface area contributed by atoms with E-state index in [2.05, 4.69) is 18.2 Å². The Balaban J connectivity index is 1.88. The van der Waals surface area contributed by atoms with E-state index in [0.717, 1.165) is 5.92 Å². The van der Waals surface area contributed by atoms with Gasteiger partial charge in [0.05, 0.1) is 0 Å². The lowest BCUT2D eigenvalue weighted by Gasteiger charge is -2.24. The first-order valence-corrected chi connectivity index (χ1v) is 7.73. The first-order chi connectivity index (χ1) is 8.84. The molecule has 0 spiro atoms. The van der Waals surface area contributed by atoms with Crippen molar-refractivity contribution >= 4 is 0 Å². The summed E-state index contributed by atoms with van der Waals surface area (Å²) < 4.78 is 0. The quantitative estimate of drug-likeness (QED) is 0.724. The van der Waals surface area contributed by atoms with Crippen LogP contribution >= 0.6 is 0 Å². The molecule has 0 radical (unpaired) electrons. The van der Waals surface area contributed by atoms with E-state index < -0.39 is 0 Å². The van der Waals surface area contributed by atoms with E-state index in [1.54, 1.807) is 5.56 Å². The largest absolute Gasteiger partial charge is 0.324 e. The summed E-state index contributed by atoms with van der Waals surface area (Å²) >= 11 is 0. The summed E-state index contributed by atoms with van der Waals surface area (Å²) in [4.78, 5) is 0. The van der Waals surface area contributed by atoms with Gasteiger partial charge < -0.3 is 5.73 Å². The normalized spacial score (nSPS) is 25.5. The second kappa shape index (κ2) is 5.44. The zero-order chi connectivity index (χ0) is 12.4. The molecule has 0 saturated heterocycles. The summed E-state index contributed by atoms with van der Waals surface area (Å²) in [6.45, 7) is 0. The molecule has 0 heterocycles. The lowest BCUT2D eigenvalue weighted by atomic mass is 9.82. The van der Waals surface area contributed by atoms with Gasteiger partial charge in [0.15, 0.2) is 0 Å². The lowest BCUT2D eigenvalue weighted by Crippen LogP contribution is -2.12. The molecule has 1 aromatic rings. The number of nitrogens with two attached hydrogens (primary N) is 1. The van der Waals surface area contributed by atoms with E-state index in [-0.39, 0.29) is 6.04 Å². The molecule has 98 valence electrons. The van der Waals surface area contributed by atoms with Crippen LogP contribution in [-0.4, -0.2) is 0 Å². The summed E-state index contributed by atoms with van der Waals surface area (Å²) in [5.41, 5.74) is 10.9. The highest BCUT2D eigenvalue weighted by molar-refractivity contribution is 5.36. The SMILES string of the molecule is N[C@H]1CCCCc2ccc(C3CCCCC3)cc21. The van der Waals surface area contributed by atoms with Crippen LogP contribution in [0.15, 0.2) is 18.2 Å². The van der Waals surface area contributed by atoms with Crippen LogP contribution in [0, 0.1) is 0 Å². The van der Waals surface area contributed by atoms with Crippen molar-refractivity contribution in [1.82, 2.24) is 0 Å². The molecule has 3 rings (SSSR count). The first kappa shape index (κ1) is 12.2. The highest BCUT2D eigenvalue weighted by Gasteiger charge is 2.19. The Morgan fingerprint density at radius 2 is 1.67 bits per heavy atom. The third kappa shape index (κ3) is 2.47. The summed E-state index contributed by atoms with van der Waals surface area (Å²) in [6, 6.07) is 7.48. The molecule has 2 N–H and O–H groups in total. The van der Waals surface area contributed by atoms with E-state index in [1.165, 1.54) is 68.9 Å². The zero-order valence-electron chi connectivity index (χ0n) is 11.3. The minimum absolute atomic E-state index is 0.283. The fourth-order valence-electron chi connectivity index (χ4n) is 3.71. The molecule has 1 fully saturated rings. The summed E-state index contributed by atoms with van der Waals surface area (Å²) in [5.74, 6) is 0.805. The van der Waals surface area contributed by atoms with Crippen LogP contribution in [0.5, 0.6) is 0 Å². The number of hydrogen-bond donors (Lipinski definition) is 1. The van der Waals surface area contributed by atoms with E-state index in [0.29, 0.717) is 0 Å². The van der Waals surface area contributed by atoms with E-state index >= 15 is 0 Å². The van der Waals surface area contributed by atoms with Gasteiger partial charge in [-0.25, -0.2) is 0 Å². The zero-order valence-corrected chi connectivity index (χ0v) is 11.3. The topological polar surface area (TPSA) is 26.0 Å². The van der Waals surface area contributed by atoms with Crippen molar-refractivity contribution < 1.29 is 0 Å². The Morgan fingerprint density at radius 3 is 2.50 bits per heavy atom. The number of rotatable bonds is 1. The Kier molecular flexibility index (Phi) is 3.69. The van der Waals surface area contributed by atoms with Crippen LogP contribution in [0.25, 0.3) is 0 Å². The molecular weight excluding hydrogens is 218 g/mol. The van der Waals surface area contributed by atoms with Crippen LogP contribution in [0.4, 0.5) is 0 Å². The molecule has 0 aliphatic heterocycles. The molecule has 18 heavy (non-hydrogen) atoms. The summed E-state index contributed by atoms with van der Waals surface area (Å²) in [7, 11) is 0. The maximum absolute atomic E-state index is 6.34. The average molecular weight is 243 g/mol. The maximum atomic E-state index is 6.34. The van der Waals surface area contributed by atoms with Crippen LogP contribution in [0.2, 0.25) is 0 Å². The first-order valence-electron chi connectivity index (χ1n) is 7.73. The van der Waals surface area contributed by atoms with Crippen molar-refractivity contribution in [3.05, 3.63) is 34.9 Å². The number of benzene rings is 1. The van der Waals surface area contributed by atoms with E-state index in [1.807, 2.05) is 0 Å². The van der Waals surface area contributed by atoms with Gasteiger partial charge in [0, 0.05) is 6.04 Å². The van der Waals surface area contributed by atoms with Gasteiger partial charge in [0.1, 0.15) is 0 Å². The Morgan fingerprint density at radius 1 is 0.889 bits per heavy atom. The molecule has 1 atom stereocenters. The summed E-state index contributed by atoms with van der Waals surface area (Å²) in [5, 5.41) is 0. The fraction of sp³-hybridized carbons (Fsp3) is 0.647. The Hall–Kier alpha value is -0.820. The smallest absolute Gasteiger partial charge is 0.0297 e. The second-order valence-corrected chi connectivity index (χ2v) is 6.15. The Labute approximate surface area is 111 Å².